The van der Waals surface area contributed by atoms with Crippen molar-refractivity contribution in [2.45, 2.75) is 6.92 Å². The number of hydrogen-bond acceptors (Lipinski definition) is 1. The molecule has 1 aromatic carbocycles. The van der Waals surface area contributed by atoms with Crippen LogP contribution in [0.3, 0.4) is 0 Å². The number of hydrogen-bond donors (Lipinski definition) is 0. The van der Waals surface area contributed by atoms with Crippen LogP contribution < -0.4 is 5.56 Å². The van der Waals surface area contributed by atoms with Gasteiger partial charge in [-0.3, -0.25) is 4.79 Å². The Balaban J connectivity index is 2.72. The largest absolute Gasteiger partial charge is 0.342 e. The highest BCUT2D eigenvalue weighted by Crippen LogP contribution is 2.28. The first-order chi connectivity index (χ1) is 8.11. The van der Waals surface area contributed by atoms with Crippen molar-refractivity contribution in [3.8, 4) is 0 Å². The number of rotatable bonds is 0. The molecule has 3 nitrogen and oxygen atoms in total. The minimum atomic E-state index is 0.0475. The van der Waals surface area contributed by atoms with Gasteiger partial charge in [0.1, 0.15) is 0 Å². The van der Waals surface area contributed by atoms with Crippen molar-refractivity contribution in [3.63, 3.8) is 0 Å². The van der Waals surface area contributed by atoms with Crippen LogP contribution in [-0.2, 0) is 14.1 Å². The maximum Gasteiger partial charge on any atom is 0.251 e. The lowest BCUT2D eigenvalue weighted by Crippen LogP contribution is -2.18. The lowest BCUT2D eigenvalue weighted by atomic mass is 10.1. The molecule has 0 saturated heterocycles. The second-order valence-electron chi connectivity index (χ2n) is 4.47. The van der Waals surface area contributed by atoms with Gasteiger partial charge in [0.15, 0.2) is 0 Å². The van der Waals surface area contributed by atoms with Crippen LogP contribution in [-0.4, -0.2) is 9.13 Å². The van der Waals surface area contributed by atoms with Crippen LogP contribution in [0.1, 0.15) is 5.69 Å². The van der Waals surface area contributed by atoms with E-state index < -0.39 is 0 Å². The minimum Gasteiger partial charge on any atom is -0.342 e. The van der Waals surface area contributed by atoms with Gasteiger partial charge in [-0.1, -0.05) is 18.2 Å². The van der Waals surface area contributed by atoms with E-state index in [1.165, 1.54) is 0 Å². The van der Waals surface area contributed by atoms with E-state index in [0.29, 0.717) is 0 Å². The number of fused-ring (bicyclic) bond motifs is 3. The van der Waals surface area contributed by atoms with Crippen molar-refractivity contribution in [2.24, 2.45) is 14.1 Å². The predicted molar refractivity (Wildman–Crippen MR) is 70.4 cm³/mol. The third kappa shape index (κ3) is 1.19. The number of benzene rings is 1. The molecule has 0 spiro atoms. The first-order valence-corrected chi connectivity index (χ1v) is 5.65. The average Bonchev–Trinajstić information content (AvgIpc) is 2.61. The van der Waals surface area contributed by atoms with E-state index in [4.69, 9.17) is 0 Å². The smallest absolute Gasteiger partial charge is 0.251 e. The molecular formula is C14H14N2O. The number of para-hydroxylation sites is 1. The Bertz CT molecular complexity index is 793. The van der Waals surface area contributed by atoms with E-state index in [-0.39, 0.29) is 5.56 Å². The van der Waals surface area contributed by atoms with Gasteiger partial charge in [0.2, 0.25) is 0 Å². The summed E-state index contributed by atoms with van der Waals surface area (Å²) in [7, 11) is 3.86. The van der Waals surface area contributed by atoms with Crippen molar-refractivity contribution < 1.29 is 0 Å². The Kier molecular flexibility index (Phi) is 1.93. The van der Waals surface area contributed by atoms with E-state index in [1.807, 2.05) is 33.2 Å². The van der Waals surface area contributed by atoms with Crippen LogP contribution in [0.5, 0.6) is 0 Å². The molecule has 17 heavy (non-hydrogen) atoms. The highest BCUT2D eigenvalue weighted by atomic mass is 16.1. The second-order valence-corrected chi connectivity index (χ2v) is 4.47. The highest BCUT2D eigenvalue weighted by molar-refractivity contribution is 6.08. The second kappa shape index (κ2) is 3.23. The van der Waals surface area contributed by atoms with Gasteiger partial charge in [-0.2, -0.15) is 0 Å². The van der Waals surface area contributed by atoms with Crippen molar-refractivity contribution in [1.29, 1.82) is 0 Å². The zero-order chi connectivity index (χ0) is 12.2. The zero-order valence-corrected chi connectivity index (χ0v) is 10.2. The van der Waals surface area contributed by atoms with Crippen LogP contribution >= 0.6 is 0 Å². The molecule has 86 valence electrons. The first kappa shape index (κ1) is 10.1. The molecule has 0 bridgehead atoms. The van der Waals surface area contributed by atoms with Gasteiger partial charge in [-0.25, -0.2) is 0 Å². The topological polar surface area (TPSA) is 26.9 Å². The van der Waals surface area contributed by atoms with E-state index in [9.17, 15) is 4.79 Å². The fraction of sp³-hybridized carbons (Fsp3) is 0.214. The lowest BCUT2D eigenvalue weighted by molar-refractivity contribution is 0.820. The normalized spacial score (nSPS) is 11.5. The van der Waals surface area contributed by atoms with Gasteiger partial charge in [0.05, 0.1) is 5.52 Å². The van der Waals surface area contributed by atoms with Crippen LogP contribution in [0.2, 0.25) is 0 Å². The third-order valence-electron chi connectivity index (χ3n) is 3.59. The molecule has 0 aliphatic rings. The SMILES string of the molecule is Cc1c2c(cc(=O)n1C)c1ccccc1n2C. The molecule has 3 heteroatoms. The van der Waals surface area contributed by atoms with E-state index in [0.717, 1.165) is 27.5 Å². The zero-order valence-electron chi connectivity index (χ0n) is 10.2. The highest BCUT2D eigenvalue weighted by Gasteiger charge is 2.12. The maximum atomic E-state index is 11.9. The van der Waals surface area contributed by atoms with Crippen molar-refractivity contribution >= 4 is 21.8 Å². The summed E-state index contributed by atoms with van der Waals surface area (Å²) >= 11 is 0. The van der Waals surface area contributed by atoms with Gasteiger partial charge < -0.3 is 9.13 Å². The van der Waals surface area contributed by atoms with Gasteiger partial charge >= 0.3 is 0 Å². The molecule has 3 rings (SSSR count). The molecule has 2 heterocycles. The molecule has 0 saturated carbocycles. The van der Waals surface area contributed by atoms with E-state index >= 15 is 0 Å². The van der Waals surface area contributed by atoms with Gasteiger partial charge in [0, 0.05) is 42.1 Å². The minimum absolute atomic E-state index is 0.0475. The number of aromatic nitrogens is 2. The fourth-order valence-electron chi connectivity index (χ4n) is 2.55. The van der Waals surface area contributed by atoms with Gasteiger partial charge in [-0.15, -0.1) is 0 Å². The van der Waals surface area contributed by atoms with Crippen LogP contribution in [0.25, 0.3) is 21.8 Å². The van der Waals surface area contributed by atoms with Crippen molar-refractivity contribution in [3.05, 3.63) is 46.4 Å². The van der Waals surface area contributed by atoms with Crippen LogP contribution in [0.4, 0.5) is 0 Å². The summed E-state index contributed by atoms with van der Waals surface area (Å²) in [5.41, 5.74) is 3.35. The molecule has 0 atom stereocenters. The Morgan fingerprint density at radius 1 is 1.00 bits per heavy atom. The summed E-state index contributed by atoms with van der Waals surface area (Å²) in [6, 6.07) is 9.91. The number of aryl methyl sites for hydroxylation is 2. The van der Waals surface area contributed by atoms with E-state index in [2.05, 4.69) is 16.7 Å². The molecular weight excluding hydrogens is 212 g/mol. The molecule has 0 unspecified atom stereocenters. The Labute approximate surface area is 98.9 Å². The number of pyridine rings is 1. The lowest BCUT2D eigenvalue weighted by Gasteiger charge is -2.06. The van der Waals surface area contributed by atoms with Crippen molar-refractivity contribution in [2.75, 3.05) is 0 Å². The molecule has 0 fully saturated rings. The Hall–Kier alpha value is -2.03. The standard InChI is InChI=1S/C14H14N2O/c1-9-14-11(8-13(17)15(9)2)10-6-4-5-7-12(10)16(14)3/h4-8H,1-3H3. The fourth-order valence-corrected chi connectivity index (χ4v) is 2.55. The van der Waals surface area contributed by atoms with Crippen molar-refractivity contribution in [1.82, 2.24) is 9.13 Å². The quantitative estimate of drug-likeness (QED) is 0.578. The molecule has 0 radical (unpaired) electrons. The molecule has 0 N–H and O–H groups in total. The van der Waals surface area contributed by atoms with Gasteiger partial charge in [-0.05, 0) is 13.0 Å². The summed E-state index contributed by atoms with van der Waals surface area (Å²) in [5, 5.41) is 2.19. The summed E-state index contributed by atoms with van der Waals surface area (Å²) < 4.78 is 3.85. The summed E-state index contributed by atoms with van der Waals surface area (Å²) in [5.74, 6) is 0. The Morgan fingerprint density at radius 3 is 2.47 bits per heavy atom. The van der Waals surface area contributed by atoms with Crippen LogP contribution in [0, 0.1) is 6.92 Å². The predicted octanol–water partition coefficient (Wildman–Crippen LogP) is 2.34. The number of nitrogens with zero attached hydrogens (tertiary/aromatic N) is 2. The summed E-state index contributed by atoms with van der Waals surface area (Å²) in [4.78, 5) is 11.9. The monoisotopic (exact) mass is 226 g/mol. The Morgan fingerprint density at radius 2 is 1.71 bits per heavy atom. The average molecular weight is 226 g/mol. The van der Waals surface area contributed by atoms with Crippen LogP contribution in [0.15, 0.2) is 35.1 Å². The molecule has 0 aliphatic carbocycles. The molecule has 2 aromatic heterocycles. The van der Waals surface area contributed by atoms with Gasteiger partial charge in [0.25, 0.3) is 5.56 Å². The summed E-state index contributed by atoms with van der Waals surface area (Å²) in [6.45, 7) is 1.99. The van der Waals surface area contributed by atoms with E-state index in [1.54, 1.807) is 10.6 Å². The molecule has 0 amide bonds. The maximum absolute atomic E-state index is 11.9. The molecule has 0 aliphatic heterocycles. The summed E-state index contributed by atoms with van der Waals surface area (Å²) in [6.07, 6.45) is 0. The first-order valence-electron chi connectivity index (χ1n) is 5.65. The third-order valence-corrected chi connectivity index (χ3v) is 3.59. The molecule has 3 aromatic rings.